The summed E-state index contributed by atoms with van der Waals surface area (Å²) in [7, 11) is 0. The van der Waals surface area contributed by atoms with Gasteiger partial charge in [0.15, 0.2) is 0 Å². The van der Waals surface area contributed by atoms with Crippen LogP contribution >= 0.6 is 0 Å². The summed E-state index contributed by atoms with van der Waals surface area (Å²) in [4.78, 5) is 0. The molecule has 118 valence electrons. The summed E-state index contributed by atoms with van der Waals surface area (Å²) in [5.41, 5.74) is 1.29. The fourth-order valence-electron chi connectivity index (χ4n) is 3.62. The highest BCUT2D eigenvalue weighted by molar-refractivity contribution is 5.93. The third-order valence-electron chi connectivity index (χ3n) is 5.06. The smallest absolute Gasteiger partial charge is 0.0172 e. The Bertz CT molecular complexity index is 1290. The molecule has 0 aromatic heterocycles. The van der Waals surface area contributed by atoms with E-state index in [-0.39, 0.29) is 0 Å². The Labute approximate surface area is 147 Å². The summed E-state index contributed by atoms with van der Waals surface area (Å²) in [5.74, 6) is 0. The van der Waals surface area contributed by atoms with Crippen LogP contribution in [0.25, 0.3) is 43.1 Å². The maximum atomic E-state index is 2.29. The summed E-state index contributed by atoms with van der Waals surface area (Å²) in [6.45, 7) is 2.19. The summed E-state index contributed by atoms with van der Waals surface area (Å²) >= 11 is 0. The normalized spacial score (nSPS) is 11.4. The van der Waals surface area contributed by atoms with E-state index in [1.54, 1.807) is 0 Å². The van der Waals surface area contributed by atoms with E-state index >= 15 is 0 Å². The number of fused-ring (bicyclic) bond motifs is 4. The minimum atomic E-state index is 1.23. The SMILES string of the molecule is Cc1cc2ccc3ccc(ccc4ccc5ccc1cc5c4)cc3c2. The van der Waals surface area contributed by atoms with Crippen LogP contribution < -0.4 is 0 Å². The monoisotopic (exact) mass is 318 g/mol. The van der Waals surface area contributed by atoms with Gasteiger partial charge in [0.1, 0.15) is 0 Å². The van der Waals surface area contributed by atoms with Crippen LogP contribution in [0.2, 0.25) is 0 Å². The van der Waals surface area contributed by atoms with Crippen LogP contribution in [-0.4, -0.2) is 0 Å². The van der Waals surface area contributed by atoms with Crippen molar-refractivity contribution in [2.24, 2.45) is 0 Å². The van der Waals surface area contributed by atoms with Crippen molar-refractivity contribution in [2.45, 2.75) is 6.92 Å². The number of rotatable bonds is 0. The molecule has 0 heterocycles. The van der Waals surface area contributed by atoms with Crippen molar-refractivity contribution in [3.05, 3.63) is 96.6 Å². The molecule has 0 spiro atoms. The molecule has 0 nitrogen and oxygen atoms in total. The predicted octanol–water partition coefficient (Wildman–Crippen LogP) is 7.17. The third kappa shape index (κ3) is 2.56. The van der Waals surface area contributed by atoms with Crippen LogP contribution in [0, 0.1) is 6.92 Å². The first-order chi connectivity index (χ1) is 12.2. The lowest BCUT2D eigenvalue weighted by Crippen LogP contribution is -1.77. The lowest BCUT2D eigenvalue weighted by atomic mass is 10.0. The van der Waals surface area contributed by atoms with E-state index in [1.807, 2.05) is 0 Å². The molecule has 0 aliphatic carbocycles. The van der Waals surface area contributed by atoms with Crippen molar-refractivity contribution in [1.82, 2.24) is 0 Å². The second-order valence-corrected chi connectivity index (χ2v) is 6.85. The van der Waals surface area contributed by atoms with Gasteiger partial charge in [-0.3, -0.25) is 0 Å². The van der Waals surface area contributed by atoms with E-state index in [0.717, 1.165) is 0 Å². The maximum absolute atomic E-state index is 2.29. The van der Waals surface area contributed by atoms with Gasteiger partial charge in [0, 0.05) is 0 Å². The topological polar surface area (TPSA) is 0 Å². The molecule has 0 saturated heterocycles. The van der Waals surface area contributed by atoms with Crippen LogP contribution in [0.5, 0.6) is 0 Å². The molecule has 5 aromatic rings. The Morgan fingerprint density at radius 3 is 1.48 bits per heavy atom. The third-order valence-corrected chi connectivity index (χ3v) is 5.06. The lowest BCUT2D eigenvalue weighted by Gasteiger charge is -2.03. The van der Waals surface area contributed by atoms with Gasteiger partial charge in [0.2, 0.25) is 0 Å². The second-order valence-electron chi connectivity index (χ2n) is 6.85. The first kappa shape index (κ1) is 14.2. The lowest BCUT2D eigenvalue weighted by molar-refractivity contribution is 1.56. The molecule has 0 saturated carbocycles. The molecule has 0 aliphatic rings. The van der Waals surface area contributed by atoms with E-state index in [9.17, 15) is 0 Å². The van der Waals surface area contributed by atoms with Gasteiger partial charge in [-0.2, -0.15) is 0 Å². The zero-order valence-corrected chi connectivity index (χ0v) is 14.2. The first-order valence-corrected chi connectivity index (χ1v) is 8.69. The fourth-order valence-corrected chi connectivity index (χ4v) is 3.62. The highest BCUT2D eigenvalue weighted by Crippen LogP contribution is 2.23. The number of hydrogen-bond acceptors (Lipinski definition) is 0. The van der Waals surface area contributed by atoms with Crippen LogP contribution in [0.15, 0.2) is 91.0 Å². The Kier molecular flexibility index (Phi) is 3.11. The van der Waals surface area contributed by atoms with Gasteiger partial charge in [0.05, 0.1) is 0 Å². The van der Waals surface area contributed by atoms with Gasteiger partial charge in [-0.05, 0) is 79.8 Å². The summed E-state index contributed by atoms with van der Waals surface area (Å²) in [6.07, 6.45) is 0. The largest absolute Gasteiger partial charge is 0.0544 e. The summed E-state index contributed by atoms with van der Waals surface area (Å²) < 4.78 is 0. The molecule has 0 N–H and O–H groups in total. The van der Waals surface area contributed by atoms with Gasteiger partial charge in [0.25, 0.3) is 0 Å². The van der Waals surface area contributed by atoms with Gasteiger partial charge in [-0.25, -0.2) is 0 Å². The highest BCUT2D eigenvalue weighted by atomic mass is 14.0. The zero-order chi connectivity index (χ0) is 16.8. The van der Waals surface area contributed by atoms with Crippen molar-refractivity contribution in [3.63, 3.8) is 0 Å². The van der Waals surface area contributed by atoms with Gasteiger partial charge in [-0.1, -0.05) is 66.7 Å². The molecule has 0 amide bonds. The van der Waals surface area contributed by atoms with Crippen molar-refractivity contribution in [1.29, 1.82) is 0 Å². The molecule has 0 atom stereocenters. The fraction of sp³-hybridized carbons (Fsp3) is 0.0400. The van der Waals surface area contributed by atoms with E-state index < -0.39 is 0 Å². The number of hydrogen-bond donors (Lipinski definition) is 0. The molecule has 25 heavy (non-hydrogen) atoms. The molecular formula is C25H18. The number of aryl methyl sites for hydroxylation is 1. The Hall–Kier alpha value is -3.12. The maximum Gasteiger partial charge on any atom is -0.0172 e. The summed E-state index contributed by atoms with van der Waals surface area (Å²) in [6, 6.07) is 33.4. The quantitative estimate of drug-likeness (QED) is 0.284. The average Bonchev–Trinajstić information content (AvgIpc) is 2.64. The van der Waals surface area contributed by atoms with Crippen molar-refractivity contribution >= 4 is 43.1 Å². The van der Waals surface area contributed by atoms with Crippen LogP contribution in [0.1, 0.15) is 5.56 Å². The average molecular weight is 318 g/mol. The minimum absolute atomic E-state index is 1.23. The second kappa shape index (κ2) is 5.46. The molecule has 0 radical (unpaired) electrons. The van der Waals surface area contributed by atoms with Gasteiger partial charge in [-0.15, -0.1) is 0 Å². The predicted molar refractivity (Wildman–Crippen MR) is 110 cm³/mol. The van der Waals surface area contributed by atoms with E-state index in [4.69, 9.17) is 0 Å². The Morgan fingerprint density at radius 2 is 0.800 bits per heavy atom. The van der Waals surface area contributed by atoms with Crippen LogP contribution in [-0.2, 0) is 0 Å². The number of benzene rings is 4. The molecule has 0 fully saturated rings. The van der Waals surface area contributed by atoms with Gasteiger partial charge >= 0.3 is 0 Å². The molecule has 6 bridgehead atoms. The first-order valence-electron chi connectivity index (χ1n) is 8.69. The van der Waals surface area contributed by atoms with Crippen LogP contribution in [0.4, 0.5) is 0 Å². The highest BCUT2D eigenvalue weighted by Gasteiger charge is 1.97. The molecular weight excluding hydrogens is 300 g/mol. The Morgan fingerprint density at radius 1 is 0.360 bits per heavy atom. The molecule has 0 unspecified atom stereocenters. The van der Waals surface area contributed by atoms with Crippen molar-refractivity contribution < 1.29 is 0 Å². The molecule has 5 aromatic carbocycles. The van der Waals surface area contributed by atoms with Crippen molar-refractivity contribution in [3.8, 4) is 0 Å². The van der Waals surface area contributed by atoms with Crippen LogP contribution in [0.3, 0.4) is 0 Å². The van der Waals surface area contributed by atoms with Gasteiger partial charge < -0.3 is 0 Å². The Balaban J connectivity index is 2.00. The minimum Gasteiger partial charge on any atom is -0.0544 e. The molecule has 0 aliphatic heterocycles. The van der Waals surface area contributed by atoms with E-state index in [2.05, 4.69) is 97.9 Å². The van der Waals surface area contributed by atoms with E-state index in [1.165, 1.54) is 48.7 Å². The summed E-state index contributed by atoms with van der Waals surface area (Å²) in [5, 5.41) is 10.1. The standard InChI is InChI=1S/C25H18/c1-17-12-20-6-9-21-7-4-18(13-24(21)15-20)2-3-19-5-8-22-10-11-23(17)16-25(22)14-19/h2-16H,1H3. The molecule has 0 heteroatoms. The molecule has 5 rings (SSSR count). The zero-order valence-electron chi connectivity index (χ0n) is 14.2. The van der Waals surface area contributed by atoms with Crippen molar-refractivity contribution in [2.75, 3.05) is 0 Å². The van der Waals surface area contributed by atoms with E-state index in [0.29, 0.717) is 0 Å².